The smallest absolute Gasteiger partial charge is 0.408 e. The molecule has 21 heavy (non-hydrogen) atoms. The van der Waals surface area contributed by atoms with Crippen LogP contribution < -0.4 is 5.32 Å². The number of ether oxygens (including phenoxy) is 2. The van der Waals surface area contributed by atoms with E-state index in [2.05, 4.69) is 5.32 Å². The van der Waals surface area contributed by atoms with Gasteiger partial charge in [-0.15, -0.1) is 0 Å². The molecule has 0 bridgehead atoms. The van der Waals surface area contributed by atoms with Gasteiger partial charge in [0, 0.05) is 6.42 Å². The average Bonchev–Trinajstić information content (AvgIpc) is 2.66. The topological polar surface area (TPSA) is 64.6 Å². The Bertz CT molecular complexity index is 378. The number of cyclic esters (lactones) is 1. The third-order valence-corrected chi connectivity index (χ3v) is 3.18. The second-order valence-corrected chi connectivity index (χ2v) is 6.94. The third kappa shape index (κ3) is 5.89. The number of nitrogens with one attached hydrogen (secondary N) is 1. The molecule has 122 valence electrons. The van der Waals surface area contributed by atoms with Crippen molar-refractivity contribution in [3.63, 3.8) is 0 Å². The summed E-state index contributed by atoms with van der Waals surface area (Å²) < 4.78 is 23.2. The van der Waals surface area contributed by atoms with Gasteiger partial charge in [0.05, 0.1) is 12.0 Å². The highest BCUT2D eigenvalue weighted by molar-refractivity contribution is 5.75. The lowest BCUT2D eigenvalue weighted by atomic mass is 9.95. The van der Waals surface area contributed by atoms with Crippen molar-refractivity contribution in [1.82, 2.24) is 5.32 Å². The second-order valence-electron chi connectivity index (χ2n) is 6.94. The van der Waals surface area contributed by atoms with Crippen molar-refractivity contribution < 1.29 is 23.5 Å². The van der Waals surface area contributed by atoms with Gasteiger partial charge in [0.1, 0.15) is 18.4 Å². The number of hydrogen-bond donors (Lipinski definition) is 1. The second kappa shape index (κ2) is 7.09. The van der Waals surface area contributed by atoms with Crippen LogP contribution in [0.15, 0.2) is 0 Å². The van der Waals surface area contributed by atoms with Gasteiger partial charge in [0.15, 0.2) is 0 Å². The van der Waals surface area contributed by atoms with Gasteiger partial charge in [-0.05, 0) is 33.1 Å². The Morgan fingerprint density at radius 1 is 1.48 bits per heavy atom. The number of hydrogen-bond acceptors (Lipinski definition) is 4. The lowest BCUT2D eigenvalue weighted by Gasteiger charge is -2.27. The SMILES string of the molecule is CC(C)C[C@H](NC(=O)OC(C)(C)C)[C@@H]1C[C@@H](CF)C(=O)O1. The average molecular weight is 303 g/mol. The minimum Gasteiger partial charge on any atom is -0.460 e. The zero-order valence-corrected chi connectivity index (χ0v) is 13.4. The zero-order valence-electron chi connectivity index (χ0n) is 13.4. The highest BCUT2D eigenvalue weighted by Gasteiger charge is 2.40. The number of rotatable bonds is 5. The van der Waals surface area contributed by atoms with E-state index >= 15 is 0 Å². The monoisotopic (exact) mass is 303 g/mol. The number of halogens is 1. The number of amides is 1. The van der Waals surface area contributed by atoms with Crippen LogP contribution >= 0.6 is 0 Å². The number of esters is 1. The maximum absolute atomic E-state index is 12.7. The Kier molecular flexibility index (Phi) is 5.98. The minimum atomic E-state index is -0.726. The van der Waals surface area contributed by atoms with Crippen LogP contribution in [0.5, 0.6) is 0 Å². The van der Waals surface area contributed by atoms with Gasteiger partial charge in [-0.25, -0.2) is 4.79 Å². The Hall–Kier alpha value is -1.33. The van der Waals surface area contributed by atoms with Gasteiger partial charge >= 0.3 is 12.1 Å². The molecule has 0 unspecified atom stereocenters. The number of alkyl halides is 1. The molecule has 1 saturated heterocycles. The summed E-state index contributed by atoms with van der Waals surface area (Å²) in [7, 11) is 0. The highest BCUT2D eigenvalue weighted by Crippen LogP contribution is 2.26. The van der Waals surface area contributed by atoms with Crippen molar-refractivity contribution in [2.45, 2.75) is 65.2 Å². The summed E-state index contributed by atoms with van der Waals surface area (Å²) in [6.07, 6.45) is -0.111. The van der Waals surface area contributed by atoms with E-state index in [-0.39, 0.29) is 6.04 Å². The molecule has 0 aromatic rings. The van der Waals surface area contributed by atoms with Gasteiger partial charge in [0.2, 0.25) is 0 Å². The van der Waals surface area contributed by atoms with Gasteiger partial charge in [-0.3, -0.25) is 9.18 Å². The standard InChI is InChI=1S/C15H26FNO4/c1-9(2)6-11(17-14(19)21-15(3,4)5)12-7-10(8-16)13(18)20-12/h9-12H,6-8H2,1-5H3,(H,17,19)/t10-,11-,12-/m0/s1. The molecule has 1 aliphatic heterocycles. The molecule has 1 fully saturated rings. The van der Waals surface area contributed by atoms with Crippen molar-refractivity contribution in [1.29, 1.82) is 0 Å². The minimum absolute atomic E-state index is 0.294. The molecule has 1 N–H and O–H groups in total. The van der Waals surface area contributed by atoms with E-state index in [1.54, 1.807) is 20.8 Å². The summed E-state index contributed by atoms with van der Waals surface area (Å²) in [5, 5.41) is 2.75. The largest absolute Gasteiger partial charge is 0.460 e. The lowest BCUT2D eigenvalue weighted by Crippen LogP contribution is -2.46. The summed E-state index contributed by atoms with van der Waals surface area (Å²) >= 11 is 0. The van der Waals surface area contributed by atoms with Gasteiger partial charge in [0.25, 0.3) is 0 Å². The van der Waals surface area contributed by atoms with Gasteiger partial charge in [-0.1, -0.05) is 13.8 Å². The molecule has 1 aliphatic rings. The van der Waals surface area contributed by atoms with Crippen molar-refractivity contribution >= 4 is 12.1 Å². The predicted octanol–water partition coefficient (Wildman–Crippen LogP) is 2.83. The molecule has 1 rings (SSSR count). The fourth-order valence-corrected chi connectivity index (χ4v) is 2.31. The first kappa shape index (κ1) is 17.7. The van der Waals surface area contributed by atoms with Crippen LogP contribution in [0.4, 0.5) is 9.18 Å². The Labute approximate surface area is 125 Å². The van der Waals surface area contributed by atoms with E-state index in [0.717, 1.165) is 0 Å². The van der Waals surface area contributed by atoms with Crippen LogP contribution in [0.3, 0.4) is 0 Å². The molecular weight excluding hydrogens is 277 g/mol. The third-order valence-electron chi connectivity index (χ3n) is 3.18. The summed E-state index contributed by atoms with van der Waals surface area (Å²) in [6, 6.07) is -0.361. The van der Waals surface area contributed by atoms with E-state index in [1.165, 1.54) is 0 Å². The van der Waals surface area contributed by atoms with Crippen molar-refractivity contribution in [3.8, 4) is 0 Å². The van der Waals surface area contributed by atoms with E-state index in [0.29, 0.717) is 18.8 Å². The first-order valence-electron chi connectivity index (χ1n) is 7.38. The summed E-state index contributed by atoms with van der Waals surface area (Å²) in [4.78, 5) is 23.4. The lowest BCUT2D eigenvalue weighted by molar-refractivity contribution is -0.145. The highest BCUT2D eigenvalue weighted by atomic mass is 19.1. The van der Waals surface area contributed by atoms with E-state index in [9.17, 15) is 14.0 Å². The van der Waals surface area contributed by atoms with Crippen LogP contribution in [0.25, 0.3) is 0 Å². The normalized spacial score (nSPS) is 23.9. The maximum Gasteiger partial charge on any atom is 0.408 e. The fraction of sp³-hybridized carbons (Fsp3) is 0.867. The molecule has 0 saturated carbocycles. The van der Waals surface area contributed by atoms with E-state index < -0.39 is 36.4 Å². The van der Waals surface area contributed by atoms with Gasteiger partial charge in [-0.2, -0.15) is 0 Å². The molecule has 0 aromatic heterocycles. The van der Waals surface area contributed by atoms with Crippen LogP contribution in [0.1, 0.15) is 47.5 Å². The number of carbonyl (C=O) groups excluding carboxylic acids is 2. The molecule has 0 aromatic carbocycles. The van der Waals surface area contributed by atoms with Crippen LogP contribution in [0.2, 0.25) is 0 Å². The summed E-state index contributed by atoms with van der Waals surface area (Å²) in [5.41, 5.74) is -0.597. The molecule has 1 heterocycles. The molecule has 3 atom stereocenters. The van der Waals surface area contributed by atoms with Crippen LogP contribution in [-0.4, -0.2) is 36.5 Å². The number of alkyl carbamates (subject to hydrolysis) is 1. The van der Waals surface area contributed by atoms with E-state index in [4.69, 9.17) is 9.47 Å². The number of carbonyl (C=O) groups is 2. The van der Waals surface area contributed by atoms with Crippen LogP contribution in [0, 0.1) is 11.8 Å². The Morgan fingerprint density at radius 2 is 2.10 bits per heavy atom. The molecule has 0 spiro atoms. The summed E-state index contributed by atoms with van der Waals surface area (Å²) in [5.74, 6) is -0.944. The first-order chi connectivity index (χ1) is 9.62. The quantitative estimate of drug-likeness (QED) is 0.793. The Morgan fingerprint density at radius 3 is 2.52 bits per heavy atom. The fourth-order valence-electron chi connectivity index (χ4n) is 2.31. The van der Waals surface area contributed by atoms with Crippen molar-refractivity contribution in [2.24, 2.45) is 11.8 Å². The predicted molar refractivity (Wildman–Crippen MR) is 76.6 cm³/mol. The Balaban J connectivity index is 2.68. The van der Waals surface area contributed by atoms with Crippen LogP contribution in [-0.2, 0) is 14.3 Å². The first-order valence-corrected chi connectivity index (χ1v) is 7.38. The molecular formula is C15H26FNO4. The van der Waals surface area contributed by atoms with Crippen molar-refractivity contribution in [3.05, 3.63) is 0 Å². The van der Waals surface area contributed by atoms with E-state index in [1.807, 2.05) is 13.8 Å². The van der Waals surface area contributed by atoms with Gasteiger partial charge < -0.3 is 14.8 Å². The molecule has 1 amide bonds. The summed E-state index contributed by atoms with van der Waals surface area (Å²) in [6.45, 7) is 8.62. The maximum atomic E-state index is 12.7. The molecule has 0 aliphatic carbocycles. The zero-order chi connectivity index (χ0) is 16.2. The molecule has 6 heteroatoms. The molecule has 5 nitrogen and oxygen atoms in total. The molecule has 0 radical (unpaired) electrons. The van der Waals surface area contributed by atoms with Crippen molar-refractivity contribution in [2.75, 3.05) is 6.67 Å².